The molecule has 0 fully saturated rings. The first-order valence-electron chi connectivity index (χ1n) is 18.5. The van der Waals surface area contributed by atoms with E-state index in [9.17, 15) is 1.37 Å². The number of para-hydroxylation sites is 2. The van der Waals surface area contributed by atoms with Gasteiger partial charge in [-0.25, -0.2) is 0 Å². The van der Waals surface area contributed by atoms with Gasteiger partial charge < -0.3 is 4.57 Å². The third kappa shape index (κ3) is 2.78. The summed E-state index contributed by atoms with van der Waals surface area (Å²) in [5.41, 5.74) is -2.36. The Morgan fingerprint density at radius 1 is 0.667 bits per heavy atom. The molecule has 0 atom stereocenters. The molecule has 0 aliphatic heterocycles. The Balaban J connectivity index is 1.77. The van der Waals surface area contributed by atoms with E-state index >= 15 is 0 Å². The van der Waals surface area contributed by atoms with E-state index in [0.29, 0.717) is 0 Å². The van der Waals surface area contributed by atoms with Gasteiger partial charge in [0.15, 0.2) is 0 Å². The third-order valence-electron chi connectivity index (χ3n) is 5.20. The number of nitrogens with zero attached hydrogens (tertiary/aromatic N) is 1. The average Bonchev–Trinajstić information content (AvgIpc) is 3.67. The molecule has 0 amide bonds. The lowest BCUT2D eigenvalue weighted by atomic mass is 10.0. The molecule has 2 aromatic heterocycles. The Morgan fingerprint density at radius 3 is 2.09 bits per heavy atom. The summed E-state index contributed by atoms with van der Waals surface area (Å²) in [5.74, 6) is 0. The summed E-state index contributed by atoms with van der Waals surface area (Å²) in [6.45, 7) is 0. The fourth-order valence-corrected chi connectivity index (χ4v) is 5.25. The molecular weight excluding hydrogens is 442 g/mol. The highest BCUT2D eigenvalue weighted by Gasteiger charge is 2.15. The molecule has 156 valence electrons. The number of fused-ring (bicyclic) bond motifs is 6. The van der Waals surface area contributed by atoms with Crippen LogP contribution in [0.1, 0.15) is 24.7 Å². The smallest absolute Gasteiger partial charge is 0.0651 e. The third-order valence-corrected chi connectivity index (χ3v) is 6.60. The highest BCUT2D eigenvalue weighted by molar-refractivity contribution is 7.26. The Kier molecular flexibility index (Phi) is 1.82. The SMILES string of the molecule is [2H]c1c([2H])c(-c2c([2H])c([2H])c(Cl)c3c2sc2c([2H])c([2H])c([2H])c([2H])c23)c([2H])c(-n2c3c([2H])c([2H])c([2H])c([2H])c3c3c([2H])c([2H])c([2H])c([2H])c32)c1[2H]. The lowest BCUT2D eigenvalue weighted by Gasteiger charge is -2.11. The topological polar surface area (TPSA) is 4.93 Å². The van der Waals surface area contributed by atoms with E-state index in [1.165, 1.54) is 0 Å². The normalized spacial score (nSPS) is 19.4. The lowest BCUT2D eigenvalue weighted by Crippen LogP contribution is -1.94. The summed E-state index contributed by atoms with van der Waals surface area (Å²) in [6, 6.07) is -12.3. The van der Waals surface area contributed by atoms with E-state index in [1.807, 2.05) is 0 Å². The zero-order valence-electron chi connectivity index (χ0n) is 34.2. The molecule has 0 saturated heterocycles. The van der Waals surface area contributed by atoms with Crippen LogP contribution < -0.4 is 0 Å². The van der Waals surface area contributed by atoms with Gasteiger partial charge in [-0.15, -0.1) is 11.3 Å². The van der Waals surface area contributed by atoms with Gasteiger partial charge in [-0.2, -0.15) is 0 Å². The van der Waals surface area contributed by atoms with Gasteiger partial charge in [0.1, 0.15) is 0 Å². The maximum absolute atomic E-state index is 9.48. The van der Waals surface area contributed by atoms with E-state index in [2.05, 4.69) is 0 Å². The van der Waals surface area contributed by atoms with Crippen LogP contribution in [0.3, 0.4) is 0 Å². The number of rotatable bonds is 2. The minimum absolute atomic E-state index is 0.0000316. The highest BCUT2D eigenvalue weighted by atomic mass is 35.5. The van der Waals surface area contributed by atoms with Crippen LogP contribution >= 0.6 is 22.9 Å². The molecule has 2 heterocycles. The first kappa shape index (κ1) is 8.32. The molecule has 0 N–H and O–H groups in total. The summed E-state index contributed by atoms with van der Waals surface area (Å²) in [4.78, 5) is 0. The molecule has 0 aliphatic rings. The van der Waals surface area contributed by atoms with Crippen molar-refractivity contribution >= 4 is 64.9 Å². The monoisotopic (exact) mass is 477 g/mol. The first-order valence-corrected chi connectivity index (χ1v) is 10.7. The molecule has 0 unspecified atom stereocenters. The van der Waals surface area contributed by atoms with Crippen molar-refractivity contribution in [1.82, 2.24) is 4.57 Å². The van der Waals surface area contributed by atoms with Gasteiger partial charge in [-0.05, 0) is 47.4 Å². The molecular formula is C30H18ClNS. The van der Waals surface area contributed by atoms with E-state index in [0.717, 1.165) is 15.9 Å². The van der Waals surface area contributed by atoms with Gasteiger partial charge in [0, 0.05) is 41.7 Å². The molecule has 0 aliphatic carbocycles. The Bertz CT molecular complexity index is 2730. The molecule has 1 nitrogen and oxygen atoms in total. The summed E-state index contributed by atoms with van der Waals surface area (Å²) < 4.78 is 156. The maximum Gasteiger partial charge on any atom is 0.0651 e. The molecule has 0 saturated carbocycles. The fourth-order valence-electron chi connectivity index (χ4n) is 3.83. The van der Waals surface area contributed by atoms with Crippen LogP contribution in [-0.2, 0) is 0 Å². The van der Waals surface area contributed by atoms with Crippen LogP contribution in [0.4, 0.5) is 0 Å². The Hall–Kier alpha value is -3.59. The van der Waals surface area contributed by atoms with E-state index in [1.54, 1.807) is 0 Å². The quantitative estimate of drug-likeness (QED) is 0.233. The van der Waals surface area contributed by atoms with Gasteiger partial charge in [-0.3, -0.25) is 0 Å². The summed E-state index contributed by atoms with van der Waals surface area (Å²) >= 11 is 7.32. The molecule has 7 aromatic rings. The highest BCUT2D eigenvalue weighted by Crippen LogP contribution is 2.43. The van der Waals surface area contributed by atoms with Gasteiger partial charge in [0.05, 0.1) is 35.7 Å². The van der Waals surface area contributed by atoms with Crippen molar-refractivity contribution in [3.05, 3.63) is 114 Å². The number of aromatic nitrogens is 1. The minimum Gasteiger partial charge on any atom is -0.309 e. The van der Waals surface area contributed by atoms with Crippen molar-refractivity contribution < 1.29 is 24.7 Å². The van der Waals surface area contributed by atoms with E-state index in [-0.39, 0.29) is 41.5 Å². The molecule has 7 rings (SSSR count). The van der Waals surface area contributed by atoms with Gasteiger partial charge in [-0.1, -0.05) is 84.1 Å². The number of hydrogen-bond donors (Lipinski definition) is 0. The predicted octanol–water partition coefficient (Wildman–Crippen LogP) is 9.47. The Morgan fingerprint density at radius 2 is 1.33 bits per heavy atom. The standard InChI is InChI=1S/C30H18ClNS/c31-25-17-16-21(30-29(25)24-12-3-6-15-28(24)33-30)19-8-7-9-20(18-19)32-26-13-4-1-10-22(26)23-11-2-5-14-27(23)32/h1-18H/i1D,2D,3D,4D,5D,6D,7D,8D,9D,10D,11D,12D,13D,14D,15D,16D,17D,18D. The van der Waals surface area contributed by atoms with Crippen molar-refractivity contribution in [3.8, 4) is 16.8 Å². The fraction of sp³-hybridized carbons (Fsp3) is 0. The molecule has 3 heteroatoms. The molecule has 5 aromatic carbocycles. The second-order valence-corrected chi connectivity index (χ2v) is 8.35. The number of halogens is 1. The maximum atomic E-state index is 9.48. The van der Waals surface area contributed by atoms with Crippen LogP contribution in [-0.4, -0.2) is 4.57 Å². The summed E-state index contributed by atoms with van der Waals surface area (Å²) in [6.07, 6.45) is 0. The largest absolute Gasteiger partial charge is 0.309 e. The molecule has 0 radical (unpaired) electrons. The minimum atomic E-state index is -0.841. The van der Waals surface area contributed by atoms with E-state index < -0.39 is 131 Å². The summed E-state index contributed by atoms with van der Waals surface area (Å²) in [5, 5.41) is -1.17. The van der Waals surface area contributed by atoms with Crippen molar-refractivity contribution in [2.75, 3.05) is 0 Å². The zero-order valence-corrected chi connectivity index (χ0v) is 17.8. The second kappa shape index (κ2) is 7.21. The van der Waals surface area contributed by atoms with E-state index in [4.69, 9.17) is 34.9 Å². The van der Waals surface area contributed by atoms with Crippen molar-refractivity contribution in [1.29, 1.82) is 0 Å². The predicted molar refractivity (Wildman–Crippen MR) is 144 cm³/mol. The molecule has 0 bridgehead atoms. The molecule has 0 spiro atoms. The van der Waals surface area contributed by atoms with Crippen LogP contribution in [0, 0.1) is 0 Å². The average molecular weight is 478 g/mol. The summed E-state index contributed by atoms with van der Waals surface area (Å²) in [7, 11) is 0. The van der Waals surface area contributed by atoms with Gasteiger partial charge in [0.25, 0.3) is 0 Å². The van der Waals surface area contributed by atoms with Gasteiger partial charge >= 0.3 is 0 Å². The van der Waals surface area contributed by atoms with Crippen molar-refractivity contribution in [2.45, 2.75) is 0 Å². The van der Waals surface area contributed by atoms with Crippen LogP contribution in [0.2, 0.25) is 5.02 Å². The van der Waals surface area contributed by atoms with Crippen molar-refractivity contribution in [2.24, 2.45) is 0 Å². The number of benzene rings is 5. The second-order valence-electron chi connectivity index (χ2n) is 6.96. The van der Waals surface area contributed by atoms with Crippen LogP contribution in [0.15, 0.2) is 109 Å². The van der Waals surface area contributed by atoms with Crippen LogP contribution in [0.25, 0.3) is 58.8 Å². The first-order chi connectivity index (χ1) is 23.8. The lowest BCUT2D eigenvalue weighted by molar-refractivity contribution is 1.18. The zero-order chi connectivity index (χ0) is 37.6. The number of hydrogen-bond acceptors (Lipinski definition) is 1. The van der Waals surface area contributed by atoms with Gasteiger partial charge in [0.2, 0.25) is 0 Å². The Labute approximate surface area is 225 Å². The molecule has 33 heavy (non-hydrogen) atoms. The van der Waals surface area contributed by atoms with Crippen LogP contribution in [0.5, 0.6) is 0 Å². The number of thiophene rings is 1. The van der Waals surface area contributed by atoms with Crippen molar-refractivity contribution in [3.63, 3.8) is 0 Å².